The fraction of sp³-hybridized carbons (Fsp3) is 0.0364. The van der Waals surface area contributed by atoms with Crippen LogP contribution in [0.5, 0.6) is 0 Å². The van der Waals surface area contributed by atoms with Crippen molar-refractivity contribution < 1.29 is 0 Å². The third-order valence-corrected chi connectivity index (χ3v) is 12.5. The predicted molar refractivity (Wildman–Crippen MR) is 238 cm³/mol. The summed E-state index contributed by atoms with van der Waals surface area (Å²) in [5.74, 6) is 0.965. The first-order valence-electron chi connectivity index (χ1n) is 20.1. The molecule has 3 aliphatic rings. The largest absolute Gasteiger partial charge is 0.374 e. The van der Waals surface area contributed by atoms with E-state index in [0.717, 1.165) is 22.6 Å². The molecule has 12 rings (SSSR count). The van der Waals surface area contributed by atoms with Crippen molar-refractivity contribution in [2.24, 2.45) is 0 Å². The highest BCUT2D eigenvalue weighted by Crippen LogP contribution is 2.61. The zero-order valence-electron chi connectivity index (χ0n) is 31.7. The lowest BCUT2D eigenvalue weighted by Crippen LogP contribution is -2.34. The van der Waals surface area contributed by atoms with Crippen molar-refractivity contribution in [2.75, 3.05) is 0 Å². The normalized spacial score (nSPS) is 17.2. The zero-order valence-corrected chi connectivity index (χ0v) is 31.7. The molecule has 0 saturated heterocycles. The van der Waals surface area contributed by atoms with E-state index in [0.29, 0.717) is 0 Å². The molecule has 0 radical (unpaired) electrons. The molecule has 9 aromatic rings. The van der Waals surface area contributed by atoms with Gasteiger partial charge in [0.2, 0.25) is 0 Å². The number of nitrogens with one attached hydrogen (secondary N) is 1. The molecule has 0 fully saturated rings. The molecule has 0 bridgehead atoms. The first kappa shape index (κ1) is 32.7. The minimum atomic E-state index is -0.547. The average molecular weight is 740 g/mol. The number of hydrogen-bond donors (Lipinski definition) is 1. The second-order valence-corrected chi connectivity index (χ2v) is 15.5. The summed E-state index contributed by atoms with van der Waals surface area (Å²) >= 11 is 0. The Morgan fingerprint density at radius 2 is 1.07 bits per heavy atom. The summed E-state index contributed by atoms with van der Waals surface area (Å²) in [6.07, 6.45) is 4.70. The van der Waals surface area contributed by atoms with Crippen LogP contribution in [0.4, 0.5) is 0 Å². The zero-order chi connectivity index (χ0) is 38.2. The number of allylic oxidation sites excluding steroid dienone is 2. The van der Waals surface area contributed by atoms with Crippen molar-refractivity contribution in [1.82, 2.24) is 14.9 Å². The van der Waals surface area contributed by atoms with E-state index < -0.39 is 5.41 Å². The number of aromatic nitrogens is 2. The number of fused-ring (bicyclic) bond motifs is 9. The van der Waals surface area contributed by atoms with Gasteiger partial charge < -0.3 is 5.32 Å². The molecule has 2 aliphatic heterocycles. The second-order valence-electron chi connectivity index (χ2n) is 15.5. The van der Waals surface area contributed by atoms with Gasteiger partial charge in [-0.1, -0.05) is 188 Å². The Morgan fingerprint density at radius 1 is 0.466 bits per heavy atom. The molecule has 3 heteroatoms. The van der Waals surface area contributed by atoms with Crippen LogP contribution >= 0.6 is 0 Å². The number of benzene rings is 8. The number of rotatable bonds is 5. The highest BCUT2D eigenvalue weighted by molar-refractivity contribution is 5.97. The Bertz CT molecular complexity index is 3120. The van der Waals surface area contributed by atoms with Gasteiger partial charge >= 0.3 is 0 Å². The van der Waals surface area contributed by atoms with E-state index in [1.54, 1.807) is 0 Å². The number of hydrogen-bond acceptors (Lipinski definition) is 2. The maximum Gasteiger partial charge on any atom is 0.145 e. The van der Waals surface area contributed by atoms with Gasteiger partial charge in [-0.2, -0.15) is 0 Å². The fourth-order valence-electron chi connectivity index (χ4n) is 9.91. The molecule has 1 aromatic heterocycles. The molecular weight excluding hydrogens is 703 g/mol. The predicted octanol–water partition coefficient (Wildman–Crippen LogP) is 12.8. The average Bonchev–Trinajstić information content (AvgIpc) is 3.84. The quantitative estimate of drug-likeness (QED) is 0.190. The van der Waals surface area contributed by atoms with Crippen molar-refractivity contribution >= 4 is 22.3 Å². The molecule has 2 atom stereocenters. The summed E-state index contributed by atoms with van der Waals surface area (Å²) in [4.78, 5) is 5.35. The minimum absolute atomic E-state index is 0.0695. The van der Waals surface area contributed by atoms with Gasteiger partial charge in [0, 0.05) is 11.3 Å². The molecule has 3 heterocycles. The van der Waals surface area contributed by atoms with E-state index in [4.69, 9.17) is 4.98 Å². The van der Waals surface area contributed by atoms with Crippen LogP contribution in [-0.4, -0.2) is 9.55 Å². The third-order valence-electron chi connectivity index (χ3n) is 12.5. The van der Waals surface area contributed by atoms with Crippen LogP contribution < -0.4 is 5.32 Å². The van der Waals surface area contributed by atoms with Crippen LogP contribution in [0.25, 0.3) is 61.6 Å². The molecule has 0 saturated carbocycles. The lowest BCUT2D eigenvalue weighted by atomic mass is 9.65. The third kappa shape index (κ3) is 4.77. The molecule has 8 aromatic carbocycles. The summed E-state index contributed by atoms with van der Waals surface area (Å²) < 4.78 is 2.41. The molecule has 58 heavy (non-hydrogen) atoms. The summed E-state index contributed by atoms with van der Waals surface area (Å²) in [5.41, 5.74) is 19.9. The van der Waals surface area contributed by atoms with Gasteiger partial charge in [0.25, 0.3) is 0 Å². The summed E-state index contributed by atoms with van der Waals surface area (Å²) in [7, 11) is 0. The first-order valence-corrected chi connectivity index (χ1v) is 20.1. The fourth-order valence-corrected chi connectivity index (χ4v) is 9.91. The van der Waals surface area contributed by atoms with Crippen LogP contribution in [0.1, 0.15) is 45.0 Å². The van der Waals surface area contributed by atoms with Crippen molar-refractivity contribution in [3.63, 3.8) is 0 Å². The van der Waals surface area contributed by atoms with Crippen molar-refractivity contribution in [2.45, 2.75) is 11.5 Å². The minimum Gasteiger partial charge on any atom is -0.374 e. The van der Waals surface area contributed by atoms with Crippen molar-refractivity contribution in [3.8, 4) is 39.3 Å². The second kappa shape index (κ2) is 12.8. The van der Waals surface area contributed by atoms with Gasteiger partial charge in [0.15, 0.2) is 0 Å². The Balaban J connectivity index is 1.07. The Kier molecular flexibility index (Phi) is 7.21. The highest BCUT2D eigenvalue weighted by atomic mass is 15.1. The molecule has 1 spiro atoms. The van der Waals surface area contributed by atoms with Gasteiger partial charge in [-0.25, -0.2) is 4.98 Å². The topological polar surface area (TPSA) is 29.9 Å². The summed E-state index contributed by atoms with van der Waals surface area (Å²) in [6.45, 7) is 0. The van der Waals surface area contributed by atoms with E-state index in [9.17, 15) is 0 Å². The molecule has 272 valence electrons. The maximum atomic E-state index is 5.35. The standard InChI is InChI=1S/C55H37N3/c1-4-15-36(16-5-1)37-27-29-38(30-28-37)42-34-50(39-17-6-2-7-18-39)56-51(35-42)41-31-32-44-43-21-10-11-22-45(43)55(48(44)33-41)46-23-12-13-26-52(46)58-53-47(55)24-14-25-49(53)57-54(58)40-19-8-3-9-20-40/h1-35,51,56H. The number of dihydropyridines is 1. The van der Waals surface area contributed by atoms with Crippen LogP contribution in [0.15, 0.2) is 212 Å². The lowest BCUT2D eigenvalue weighted by Gasteiger charge is -2.39. The summed E-state index contributed by atoms with van der Waals surface area (Å²) in [5, 5.41) is 3.97. The number of nitrogens with zero attached hydrogens (tertiary/aromatic N) is 2. The van der Waals surface area contributed by atoms with Crippen LogP contribution in [0.3, 0.4) is 0 Å². The summed E-state index contributed by atoms with van der Waals surface area (Å²) in [6, 6.07) is 72.8. The molecule has 2 unspecified atom stereocenters. The van der Waals surface area contributed by atoms with E-state index in [-0.39, 0.29) is 6.04 Å². The van der Waals surface area contributed by atoms with Crippen LogP contribution in [0.2, 0.25) is 0 Å². The van der Waals surface area contributed by atoms with E-state index >= 15 is 0 Å². The number of imidazole rings is 1. The Labute approximate surface area is 337 Å². The van der Waals surface area contributed by atoms with E-state index in [1.165, 1.54) is 78.0 Å². The Hall–Kier alpha value is -7.49. The molecule has 1 aliphatic carbocycles. The maximum absolute atomic E-state index is 5.35. The van der Waals surface area contributed by atoms with Crippen molar-refractivity contribution in [1.29, 1.82) is 0 Å². The smallest absolute Gasteiger partial charge is 0.145 e. The van der Waals surface area contributed by atoms with E-state index in [1.807, 2.05) is 0 Å². The molecular formula is C55H37N3. The highest BCUT2D eigenvalue weighted by Gasteiger charge is 2.51. The Morgan fingerprint density at radius 3 is 1.84 bits per heavy atom. The lowest BCUT2D eigenvalue weighted by molar-refractivity contribution is 0.732. The van der Waals surface area contributed by atoms with Gasteiger partial charge in [0.1, 0.15) is 5.82 Å². The molecule has 3 nitrogen and oxygen atoms in total. The monoisotopic (exact) mass is 739 g/mol. The van der Waals surface area contributed by atoms with Gasteiger partial charge in [-0.3, -0.25) is 4.57 Å². The van der Waals surface area contributed by atoms with Gasteiger partial charge in [-0.05, 0) is 91.1 Å². The van der Waals surface area contributed by atoms with Crippen LogP contribution in [-0.2, 0) is 5.41 Å². The van der Waals surface area contributed by atoms with Crippen LogP contribution in [0, 0.1) is 0 Å². The van der Waals surface area contributed by atoms with Gasteiger partial charge in [-0.15, -0.1) is 0 Å². The first-order chi connectivity index (χ1) is 28.8. The molecule has 0 amide bonds. The van der Waals surface area contributed by atoms with E-state index in [2.05, 4.69) is 222 Å². The SMILES string of the molecule is C1=C(c2ccc(-c3ccccc3)cc2)C=C(c2ccccc2)NC1c1ccc2c(c1)C1(c3ccccc3-2)c2ccccc2-n2c(-c3ccccc3)nc3cccc1c32. The van der Waals surface area contributed by atoms with Gasteiger partial charge in [0.05, 0.1) is 28.2 Å². The number of para-hydroxylation sites is 2. The molecule has 1 N–H and O–H groups in total. The van der Waals surface area contributed by atoms with Crippen molar-refractivity contribution in [3.05, 3.63) is 251 Å².